The maximum Gasteiger partial charge on any atom is 0.329 e. The monoisotopic (exact) mass is 326 g/mol. The number of rotatable bonds is 3. The second-order valence-electron chi connectivity index (χ2n) is 5.44. The average molecular weight is 326 g/mol. The maximum absolute atomic E-state index is 12.4. The molecule has 3 rings (SSSR count). The molecular formula is C16H14N4O4. The lowest BCUT2D eigenvalue weighted by Crippen LogP contribution is -2.32. The van der Waals surface area contributed by atoms with Crippen molar-refractivity contribution in [1.29, 1.82) is 0 Å². The summed E-state index contributed by atoms with van der Waals surface area (Å²) in [5, 5.41) is 0. The van der Waals surface area contributed by atoms with E-state index in [-0.39, 0.29) is 29.1 Å². The number of carbonyl (C=O) groups is 1. The molecule has 0 spiro atoms. The van der Waals surface area contributed by atoms with Crippen molar-refractivity contribution in [3.05, 3.63) is 72.3 Å². The minimum atomic E-state index is -0.714. The third-order valence-electron chi connectivity index (χ3n) is 3.81. The molecule has 0 aliphatic rings. The Kier molecular flexibility index (Phi) is 3.72. The lowest BCUT2D eigenvalue weighted by Gasteiger charge is -2.06. The number of benzene rings is 1. The molecule has 0 saturated heterocycles. The summed E-state index contributed by atoms with van der Waals surface area (Å²) in [6.07, 6.45) is -0.238. The molecule has 0 saturated carbocycles. The van der Waals surface area contributed by atoms with Crippen LogP contribution in [0.2, 0.25) is 0 Å². The third-order valence-corrected chi connectivity index (χ3v) is 3.81. The Hall–Kier alpha value is -3.29. The minimum Gasteiger partial charge on any atom is -0.305 e. The van der Waals surface area contributed by atoms with Crippen LogP contribution in [0.5, 0.6) is 0 Å². The number of aromatic nitrogens is 4. The Morgan fingerprint density at radius 1 is 1.12 bits per heavy atom. The molecule has 0 radical (unpaired) electrons. The lowest BCUT2D eigenvalue weighted by atomic mass is 10.0. The van der Waals surface area contributed by atoms with Gasteiger partial charge in [0.25, 0.3) is 11.1 Å². The predicted octanol–water partition coefficient (Wildman–Crippen LogP) is 0.0439. The van der Waals surface area contributed by atoms with E-state index < -0.39 is 16.8 Å². The van der Waals surface area contributed by atoms with E-state index in [1.165, 1.54) is 7.05 Å². The number of nitrogens with zero attached hydrogens (tertiary/aromatic N) is 2. The summed E-state index contributed by atoms with van der Waals surface area (Å²) in [5.41, 5.74) is -0.842. The molecule has 8 nitrogen and oxygen atoms in total. The summed E-state index contributed by atoms with van der Waals surface area (Å²) in [5.74, 6) is -0.272. The van der Waals surface area contributed by atoms with Crippen LogP contribution in [0.3, 0.4) is 0 Å². The van der Waals surface area contributed by atoms with Crippen LogP contribution < -0.4 is 16.8 Å². The van der Waals surface area contributed by atoms with Crippen LogP contribution in [-0.4, -0.2) is 25.3 Å². The zero-order valence-electron chi connectivity index (χ0n) is 13.0. The second-order valence-corrected chi connectivity index (χ2v) is 5.44. The highest BCUT2D eigenvalue weighted by atomic mass is 16.2. The third kappa shape index (κ3) is 2.58. The summed E-state index contributed by atoms with van der Waals surface area (Å²) in [6.45, 7) is 1.80. The molecule has 24 heavy (non-hydrogen) atoms. The van der Waals surface area contributed by atoms with Crippen LogP contribution in [0, 0.1) is 6.92 Å². The lowest BCUT2D eigenvalue weighted by molar-refractivity contribution is 0.0991. The van der Waals surface area contributed by atoms with Crippen molar-refractivity contribution in [1.82, 2.24) is 19.5 Å². The molecule has 0 aliphatic carbocycles. The number of Topliss-reactive ketones (excluding diaryl/α,β-unsaturated/α-hetero) is 1. The smallest absolute Gasteiger partial charge is 0.305 e. The zero-order valence-corrected chi connectivity index (χ0v) is 13.0. The highest BCUT2D eigenvalue weighted by molar-refractivity contribution is 5.98. The fourth-order valence-corrected chi connectivity index (χ4v) is 2.47. The first-order chi connectivity index (χ1) is 11.4. The number of aromatic amines is 2. The van der Waals surface area contributed by atoms with E-state index in [2.05, 4.69) is 15.0 Å². The van der Waals surface area contributed by atoms with Gasteiger partial charge in [0, 0.05) is 12.6 Å². The van der Waals surface area contributed by atoms with E-state index in [9.17, 15) is 19.2 Å². The summed E-state index contributed by atoms with van der Waals surface area (Å²) >= 11 is 0. The van der Waals surface area contributed by atoms with Crippen molar-refractivity contribution in [3.63, 3.8) is 0 Å². The van der Waals surface area contributed by atoms with Gasteiger partial charge in [-0.2, -0.15) is 0 Å². The number of nitrogens with one attached hydrogen (secondary N) is 2. The van der Waals surface area contributed by atoms with E-state index in [1.807, 2.05) is 6.07 Å². The van der Waals surface area contributed by atoms with Crippen LogP contribution in [-0.2, 0) is 13.5 Å². The van der Waals surface area contributed by atoms with Gasteiger partial charge in [-0.1, -0.05) is 24.3 Å². The summed E-state index contributed by atoms with van der Waals surface area (Å²) in [6, 6.07) is 7.02. The Morgan fingerprint density at radius 3 is 2.54 bits per heavy atom. The predicted molar refractivity (Wildman–Crippen MR) is 87.4 cm³/mol. The fraction of sp³-hybridized carbons (Fsp3) is 0.188. The molecule has 0 aliphatic heterocycles. The van der Waals surface area contributed by atoms with Crippen molar-refractivity contribution in [2.24, 2.45) is 7.05 Å². The van der Waals surface area contributed by atoms with Gasteiger partial charge in [-0.25, -0.2) is 9.78 Å². The van der Waals surface area contributed by atoms with Gasteiger partial charge in [0.15, 0.2) is 11.3 Å². The minimum absolute atomic E-state index is 0.0147. The van der Waals surface area contributed by atoms with Gasteiger partial charge >= 0.3 is 5.69 Å². The number of fused-ring (bicyclic) bond motifs is 1. The van der Waals surface area contributed by atoms with Gasteiger partial charge < -0.3 is 4.98 Å². The van der Waals surface area contributed by atoms with Crippen LogP contribution in [0.4, 0.5) is 0 Å². The molecule has 2 heterocycles. The van der Waals surface area contributed by atoms with E-state index in [0.29, 0.717) is 5.56 Å². The van der Waals surface area contributed by atoms with E-state index in [0.717, 1.165) is 10.1 Å². The number of hydrogen-bond donors (Lipinski definition) is 2. The number of H-pyrrole nitrogens is 2. The second kappa shape index (κ2) is 5.73. The van der Waals surface area contributed by atoms with Crippen molar-refractivity contribution in [3.8, 4) is 0 Å². The SMILES string of the molecule is Cc1ccccc1C(=O)Cc1nc2c(=O)[nH]c(=O)n(C)c2[nH]c1=O. The largest absolute Gasteiger partial charge is 0.329 e. The highest BCUT2D eigenvalue weighted by Crippen LogP contribution is 2.10. The first kappa shape index (κ1) is 15.6. The average Bonchev–Trinajstić information content (AvgIpc) is 2.54. The molecule has 3 aromatic rings. The number of ketones is 1. The fourth-order valence-electron chi connectivity index (χ4n) is 2.47. The van der Waals surface area contributed by atoms with Crippen LogP contribution in [0.15, 0.2) is 38.6 Å². The van der Waals surface area contributed by atoms with E-state index in [1.54, 1.807) is 25.1 Å². The van der Waals surface area contributed by atoms with Crippen LogP contribution in [0.1, 0.15) is 21.6 Å². The van der Waals surface area contributed by atoms with Gasteiger partial charge in [0.2, 0.25) is 0 Å². The first-order valence-corrected chi connectivity index (χ1v) is 7.19. The van der Waals surface area contributed by atoms with Gasteiger partial charge in [0.1, 0.15) is 11.3 Å². The topological polar surface area (TPSA) is 118 Å². The Balaban J connectivity index is 2.11. The van der Waals surface area contributed by atoms with Gasteiger partial charge in [-0.05, 0) is 12.5 Å². The van der Waals surface area contributed by atoms with Gasteiger partial charge in [0.05, 0.1) is 6.42 Å². The van der Waals surface area contributed by atoms with Crippen molar-refractivity contribution in [2.75, 3.05) is 0 Å². The van der Waals surface area contributed by atoms with E-state index in [4.69, 9.17) is 0 Å². The molecule has 0 atom stereocenters. The van der Waals surface area contributed by atoms with Crippen molar-refractivity contribution < 1.29 is 4.79 Å². The summed E-state index contributed by atoms with van der Waals surface area (Å²) in [4.78, 5) is 56.6. The summed E-state index contributed by atoms with van der Waals surface area (Å²) in [7, 11) is 1.40. The molecular weight excluding hydrogens is 312 g/mol. The van der Waals surface area contributed by atoms with Crippen LogP contribution in [0.25, 0.3) is 11.2 Å². The molecule has 2 aromatic heterocycles. The molecule has 0 bridgehead atoms. The Bertz CT molecular complexity index is 1140. The number of aryl methyl sites for hydroxylation is 2. The first-order valence-electron chi connectivity index (χ1n) is 7.19. The zero-order chi connectivity index (χ0) is 17.4. The molecule has 0 unspecified atom stereocenters. The highest BCUT2D eigenvalue weighted by Gasteiger charge is 2.16. The van der Waals surface area contributed by atoms with Crippen LogP contribution >= 0.6 is 0 Å². The Morgan fingerprint density at radius 2 is 1.83 bits per heavy atom. The number of hydrogen-bond acceptors (Lipinski definition) is 5. The Labute approximate surface area is 134 Å². The van der Waals surface area contributed by atoms with Gasteiger partial charge in [-0.15, -0.1) is 0 Å². The molecule has 1 aromatic carbocycles. The molecule has 2 N–H and O–H groups in total. The molecule has 122 valence electrons. The standard InChI is InChI=1S/C16H14N4O4/c1-8-5-3-4-6-9(8)11(21)7-10-14(22)18-13-12(17-10)15(23)19-16(24)20(13)2/h3-6H,7H2,1-2H3,(H,18,22)(H,19,23,24). The molecule has 0 amide bonds. The van der Waals surface area contributed by atoms with Crippen molar-refractivity contribution >= 4 is 16.9 Å². The normalized spacial score (nSPS) is 10.9. The van der Waals surface area contributed by atoms with E-state index >= 15 is 0 Å². The van der Waals surface area contributed by atoms with Gasteiger partial charge in [-0.3, -0.25) is 23.9 Å². The summed E-state index contributed by atoms with van der Waals surface area (Å²) < 4.78 is 1.08. The quantitative estimate of drug-likeness (QED) is 0.659. The number of carbonyl (C=O) groups excluding carboxylic acids is 1. The maximum atomic E-state index is 12.4. The van der Waals surface area contributed by atoms with Crippen molar-refractivity contribution in [2.45, 2.75) is 13.3 Å². The molecule has 8 heteroatoms. The molecule has 0 fully saturated rings.